The van der Waals surface area contributed by atoms with Crippen LogP contribution in [0.15, 0.2) is 18.5 Å². The van der Waals surface area contributed by atoms with Crippen LogP contribution in [0.3, 0.4) is 0 Å². The second-order valence-corrected chi connectivity index (χ2v) is 6.92. The van der Waals surface area contributed by atoms with Gasteiger partial charge in [-0.1, -0.05) is 12.5 Å². The van der Waals surface area contributed by atoms with Crippen LogP contribution < -0.4 is 5.73 Å². The highest BCUT2D eigenvalue weighted by atomic mass is 16.1. The Labute approximate surface area is 147 Å². The SMILES string of the molecule is Nc1ncnc2c(C=O)cc(C3=CCC(N4CCCCC4)CC3)nc12. The summed E-state index contributed by atoms with van der Waals surface area (Å²) in [6.07, 6.45) is 11.6. The number of aldehydes is 1. The van der Waals surface area contributed by atoms with Gasteiger partial charge in [-0.25, -0.2) is 15.0 Å². The van der Waals surface area contributed by atoms with Crippen LogP contribution >= 0.6 is 0 Å². The number of anilines is 1. The summed E-state index contributed by atoms with van der Waals surface area (Å²) in [5.41, 5.74) is 9.52. The third-order valence-electron chi connectivity index (χ3n) is 5.39. The average Bonchev–Trinajstić information content (AvgIpc) is 2.68. The van der Waals surface area contributed by atoms with Crippen LogP contribution in [0.4, 0.5) is 5.82 Å². The van der Waals surface area contributed by atoms with E-state index in [1.807, 2.05) is 6.07 Å². The van der Waals surface area contributed by atoms with E-state index < -0.39 is 0 Å². The van der Waals surface area contributed by atoms with E-state index in [-0.39, 0.29) is 0 Å². The Hall–Kier alpha value is -2.34. The van der Waals surface area contributed by atoms with E-state index in [1.54, 1.807) is 0 Å². The molecule has 2 aliphatic rings. The van der Waals surface area contributed by atoms with Crippen LogP contribution in [0.5, 0.6) is 0 Å². The van der Waals surface area contributed by atoms with Crippen molar-refractivity contribution in [3.05, 3.63) is 29.7 Å². The molecule has 0 amide bonds. The van der Waals surface area contributed by atoms with Gasteiger partial charge < -0.3 is 10.6 Å². The molecule has 1 atom stereocenters. The lowest BCUT2D eigenvalue weighted by atomic mass is 9.90. The number of allylic oxidation sites excluding steroid dienone is 1. The molecule has 1 aliphatic carbocycles. The zero-order valence-corrected chi connectivity index (χ0v) is 14.3. The molecular weight excluding hydrogens is 314 g/mol. The monoisotopic (exact) mass is 337 g/mol. The number of rotatable bonds is 3. The van der Waals surface area contributed by atoms with Crippen LogP contribution in [0.1, 0.15) is 54.6 Å². The van der Waals surface area contributed by atoms with Gasteiger partial charge in [0.25, 0.3) is 0 Å². The van der Waals surface area contributed by atoms with Crippen molar-refractivity contribution in [2.45, 2.75) is 44.6 Å². The molecule has 25 heavy (non-hydrogen) atoms. The first kappa shape index (κ1) is 16.1. The molecule has 2 aromatic heterocycles. The van der Waals surface area contributed by atoms with Crippen LogP contribution in [0.25, 0.3) is 16.6 Å². The van der Waals surface area contributed by atoms with Gasteiger partial charge >= 0.3 is 0 Å². The maximum absolute atomic E-state index is 11.5. The molecule has 2 aromatic rings. The minimum Gasteiger partial charge on any atom is -0.382 e. The maximum Gasteiger partial charge on any atom is 0.153 e. The number of piperidine rings is 1. The molecule has 1 unspecified atom stereocenters. The Morgan fingerprint density at radius 3 is 2.72 bits per heavy atom. The molecule has 6 heteroatoms. The predicted molar refractivity (Wildman–Crippen MR) is 98.2 cm³/mol. The van der Waals surface area contributed by atoms with Crippen molar-refractivity contribution in [2.24, 2.45) is 0 Å². The number of pyridine rings is 1. The fraction of sp³-hybridized carbons (Fsp3) is 0.474. The second kappa shape index (κ2) is 6.88. The topological polar surface area (TPSA) is 85.0 Å². The Morgan fingerprint density at radius 2 is 2.00 bits per heavy atom. The van der Waals surface area contributed by atoms with Crippen LogP contribution in [-0.4, -0.2) is 45.3 Å². The minimum atomic E-state index is 0.317. The standard InChI is InChI=1S/C19H23N5O/c20-19-18-17(21-12-22-19)14(11-25)10-16(23-18)13-4-6-15(7-5-13)24-8-2-1-3-9-24/h4,10-12,15H,1-3,5-9H2,(H2,20,21,22). The van der Waals surface area contributed by atoms with Crippen LogP contribution in [0.2, 0.25) is 0 Å². The number of nitrogens with two attached hydrogens (primary N) is 1. The number of carbonyl (C=O) groups excluding carboxylic acids is 1. The number of nitrogen functional groups attached to an aromatic ring is 1. The number of fused-ring (bicyclic) bond motifs is 1. The van der Waals surface area contributed by atoms with Gasteiger partial charge in [0.2, 0.25) is 0 Å². The molecule has 4 rings (SSSR count). The van der Waals surface area contributed by atoms with E-state index in [2.05, 4.69) is 25.9 Å². The number of hydrogen-bond acceptors (Lipinski definition) is 6. The fourth-order valence-corrected chi connectivity index (χ4v) is 4.00. The average molecular weight is 337 g/mol. The summed E-state index contributed by atoms with van der Waals surface area (Å²) in [6.45, 7) is 2.45. The predicted octanol–water partition coefficient (Wildman–Crippen LogP) is 2.84. The third kappa shape index (κ3) is 3.14. The third-order valence-corrected chi connectivity index (χ3v) is 5.39. The molecule has 3 heterocycles. The molecule has 2 N–H and O–H groups in total. The molecule has 0 radical (unpaired) electrons. The van der Waals surface area contributed by atoms with Gasteiger partial charge in [-0.05, 0) is 56.8 Å². The Kier molecular flexibility index (Phi) is 4.44. The van der Waals surface area contributed by atoms with Gasteiger partial charge in [0.05, 0.1) is 5.69 Å². The lowest BCUT2D eigenvalue weighted by molar-refractivity contribution is 0.112. The van der Waals surface area contributed by atoms with Crippen molar-refractivity contribution in [2.75, 3.05) is 18.8 Å². The lowest BCUT2D eigenvalue weighted by Gasteiger charge is -2.36. The minimum absolute atomic E-state index is 0.317. The lowest BCUT2D eigenvalue weighted by Crippen LogP contribution is -2.39. The number of nitrogens with zero attached hydrogens (tertiary/aromatic N) is 4. The first-order valence-electron chi connectivity index (χ1n) is 9.06. The summed E-state index contributed by atoms with van der Waals surface area (Å²) in [4.78, 5) is 26.9. The molecule has 1 fully saturated rings. The van der Waals surface area contributed by atoms with Crippen molar-refractivity contribution in [3.63, 3.8) is 0 Å². The van der Waals surface area contributed by atoms with Crippen molar-refractivity contribution in [1.82, 2.24) is 19.9 Å². The van der Waals surface area contributed by atoms with Gasteiger partial charge in [0.15, 0.2) is 12.1 Å². The summed E-state index contributed by atoms with van der Waals surface area (Å²) in [6, 6.07) is 2.47. The van der Waals surface area contributed by atoms with E-state index in [0.717, 1.165) is 31.2 Å². The number of aromatic nitrogens is 3. The highest BCUT2D eigenvalue weighted by Crippen LogP contribution is 2.31. The molecule has 1 aliphatic heterocycles. The van der Waals surface area contributed by atoms with Gasteiger partial charge in [-0.2, -0.15) is 0 Å². The quantitative estimate of drug-likeness (QED) is 0.867. The molecular formula is C19H23N5O. The fourth-order valence-electron chi connectivity index (χ4n) is 4.00. The Balaban J connectivity index is 1.63. The normalized spacial score (nSPS) is 21.9. The smallest absolute Gasteiger partial charge is 0.153 e. The second-order valence-electron chi connectivity index (χ2n) is 6.92. The number of likely N-dealkylation sites (tertiary alicyclic amines) is 1. The molecule has 130 valence electrons. The van der Waals surface area contributed by atoms with Crippen molar-refractivity contribution >= 4 is 28.7 Å². The molecule has 6 nitrogen and oxygen atoms in total. The van der Waals surface area contributed by atoms with Gasteiger partial charge in [-0.3, -0.25) is 4.79 Å². The zero-order valence-electron chi connectivity index (χ0n) is 14.3. The summed E-state index contributed by atoms with van der Waals surface area (Å²) in [7, 11) is 0. The molecule has 0 bridgehead atoms. The highest BCUT2D eigenvalue weighted by Gasteiger charge is 2.24. The van der Waals surface area contributed by atoms with E-state index in [0.29, 0.717) is 28.5 Å². The summed E-state index contributed by atoms with van der Waals surface area (Å²) in [5, 5.41) is 0. The van der Waals surface area contributed by atoms with Crippen molar-refractivity contribution < 1.29 is 4.79 Å². The molecule has 0 saturated carbocycles. The number of hydrogen-bond donors (Lipinski definition) is 1. The van der Waals surface area contributed by atoms with Crippen LogP contribution in [-0.2, 0) is 0 Å². The van der Waals surface area contributed by atoms with Crippen molar-refractivity contribution in [1.29, 1.82) is 0 Å². The Bertz CT molecular complexity index is 826. The van der Waals surface area contributed by atoms with E-state index in [1.165, 1.54) is 44.3 Å². The maximum atomic E-state index is 11.5. The van der Waals surface area contributed by atoms with E-state index in [9.17, 15) is 4.79 Å². The molecule has 0 spiro atoms. The zero-order chi connectivity index (χ0) is 17.2. The molecule has 1 saturated heterocycles. The van der Waals surface area contributed by atoms with Gasteiger partial charge in [-0.15, -0.1) is 0 Å². The van der Waals surface area contributed by atoms with Gasteiger partial charge in [0, 0.05) is 11.6 Å². The first-order valence-corrected chi connectivity index (χ1v) is 9.06. The first-order chi connectivity index (χ1) is 12.3. The Morgan fingerprint density at radius 1 is 1.16 bits per heavy atom. The largest absolute Gasteiger partial charge is 0.382 e. The number of carbonyl (C=O) groups is 1. The highest BCUT2D eigenvalue weighted by molar-refractivity contribution is 5.98. The van der Waals surface area contributed by atoms with Crippen molar-refractivity contribution in [3.8, 4) is 0 Å². The van der Waals surface area contributed by atoms with E-state index >= 15 is 0 Å². The summed E-state index contributed by atoms with van der Waals surface area (Å²) < 4.78 is 0. The van der Waals surface area contributed by atoms with E-state index in [4.69, 9.17) is 5.73 Å². The summed E-state index contributed by atoms with van der Waals surface area (Å²) in [5.74, 6) is 0.317. The van der Waals surface area contributed by atoms with Gasteiger partial charge in [0.1, 0.15) is 17.4 Å². The van der Waals surface area contributed by atoms with Crippen LogP contribution in [0, 0.1) is 0 Å². The summed E-state index contributed by atoms with van der Waals surface area (Å²) >= 11 is 0. The molecule has 0 aromatic carbocycles.